The van der Waals surface area contributed by atoms with Crippen LogP contribution in [0.15, 0.2) is 18.2 Å². The molecule has 0 spiro atoms. The molecular formula is C15H25FN2O2. The van der Waals surface area contributed by atoms with Crippen LogP contribution in [-0.2, 0) is 22.6 Å². The molecule has 0 fully saturated rings. The van der Waals surface area contributed by atoms with E-state index in [1.165, 1.54) is 6.07 Å². The lowest BCUT2D eigenvalue weighted by atomic mass is 10.1. The van der Waals surface area contributed by atoms with Crippen molar-refractivity contribution in [1.82, 2.24) is 4.90 Å². The highest BCUT2D eigenvalue weighted by molar-refractivity contribution is 5.24. The highest BCUT2D eigenvalue weighted by Gasteiger charge is 2.14. The molecule has 0 aliphatic heterocycles. The van der Waals surface area contributed by atoms with E-state index in [1.54, 1.807) is 20.3 Å². The quantitative estimate of drug-likeness (QED) is 0.751. The third kappa shape index (κ3) is 5.54. The summed E-state index contributed by atoms with van der Waals surface area (Å²) in [5, 5.41) is 0. The Kier molecular flexibility index (Phi) is 7.69. The molecule has 0 aliphatic rings. The fourth-order valence-corrected chi connectivity index (χ4v) is 2.17. The lowest BCUT2D eigenvalue weighted by Crippen LogP contribution is -2.38. The molecule has 0 radical (unpaired) electrons. The Bertz CT molecular complexity index is 401. The Morgan fingerprint density at radius 2 is 1.90 bits per heavy atom. The van der Waals surface area contributed by atoms with Crippen LogP contribution in [0.25, 0.3) is 0 Å². The minimum Gasteiger partial charge on any atom is -0.383 e. The molecule has 2 N–H and O–H groups in total. The Balaban J connectivity index is 2.79. The van der Waals surface area contributed by atoms with E-state index in [0.717, 1.165) is 17.7 Å². The van der Waals surface area contributed by atoms with Gasteiger partial charge in [-0.3, -0.25) is 4.90 Å². The molecule has 1 unspecified atom stereocenters. The summed E-state index contributed by atoms with van der Waals surface area (Å²) >= 11 is 0. The van der Waals surface area contributed by atoms with Gasteiger partial charge in [-0.05, 0) is 30.2 Å². The van der Waals surface area contributed by atoms with Gasteiger partial charge in [-0.2, -0.15) is 0 Å². The number of nitrogens with two attached hydrogens (primary N) is 1. The van der Waals surface area contributed by atoms with Gasteiger partial charge in [0.25, 0.3) is 0 Å². The number of nitrogens with zero attached hydrogens (tertiary/aromatic N) is 1. The topological polar surface area (TPSA) is 47.7 Å². The van der Waals surface area contributed by atoms with Gasteiger partial charge in [0.05, 0.1) is 13.2 Å². The minimum absolute atomic E-state index is 0.236. The first-order valence-electron chi connectivity index (χ1n) is 6.81. The molecule has 5 heteroatoms. The van der Waals surface area contributed by atoms with E-state index in [-0.39, 0.29) is 11.9 Å². The van der Waals surface area contributed by atoms with Gasteiger partial charge in [-0.25, -0.2) is 4.39 Å². The van der Waals surface area contributed by atoms with Crippen molar-refractivity contribution < 1.29 is 13.9 Å². The summed E-state index contributed by atoms with van der Waals surface area (Å²) in [5.41, 5.74) is 7.32. The molecule has 0 saturated heterocycles. The van der Waals surface area contributed by atoms with Gasteiger partial charge in [-0.1, -0.05) is 6.07 Å². The van der Waals surface area contributed by atoms with Crippen LogP contribution in [0.4, 0.5) is 4.39 Å². The average Bonchev–Trinajstić information content (AvgIpc) is 2.42. The molecule has 1 aromatic rings. The van der Waals surface area contributed by atoms with Gasteiger partial charge in [0.1, 0.15) is 5.82 Å². The van der Waals surface area contributed by atoms with Crippen molar-refractivity contribution in [2.45, 2.75) is 26.1 Å². The summed E-state index contributed by atoms with van der Waals surface area (Å²) < 4.78 is 23.9. The number of hydrogen-bond donors (Lipinski definition) is 1. The standard InChI is InChI=1S/C15H25FN2O2/c1-12(11-20-3)18(4-5-19-2)10-14-6-13(9-17)7-15(16)8-14/h6-8,12H,4-5,9-11,17H2,1-3H3. The van der Waals surface area contributed by atoms with Gasteiger partial charge in [0.15, 0.2) is 0 Å². The van der Waals surface area contributed by atoms with Crippen LogP contribution in [0, 0.1) is 5.82 Å². The fourth-order valence-electron chi connectivity index (χ4n) is 2.17. The molecule has 0 aromatic heterocycles. The van der Waals surface area contributed by atoms with Crippen LogP contribution >= 0.6 is 0 Å². The number of rotatable bonds is 9. The van der Waals surface area contributed by atoms with Crippen LogP contribution in [0.1, 0.15) is 18.1 Å². The van der Waals surface area contributed by atoms with E-state index in [1.807, 2.05) is 6.07 Å². The second-order valence-electron chi connectivity index (χ2n) is 4.94. The first-order valence-corrected chi connectivity index (χ1v) is 6.81. The summed E-state index contributed by atoms with van der Waals surface area (Å²) in [4.78, 5) is 2.21. The molecule has 0 bridgehead atoms. The van der Waals surface area contributed by atoms with Gasteiger partial charge < -0.3 is 15.2 Å². The van der Waals surface area contributed by atoms with Crippen LogP contribution in [0.5, 0.6) is 0 Å². The Morgan fingerprint density at radius 3 is 2.50 bits per heavy atom. The zero-order chi connectivity index (χ0) is 15.0. The molecule has 0 saturated carbocycles. The number of ether oxygens (including phenoxy) is 2. The average molecular weight is 284 g/mol. The molecule has 0 heterocycles. The lowest BCUT2D eigenvalue weighted by Gasteiger charge is -2.28. The zero-order valence-corrected chi connectivity index (χ0v) is 12.6. The van der Waals surface area contributed by atoms with Crippen molar-refractivity contribution in [3.8, 4) is 0 Å². The molecule has 20 heavy (non-hydrogen) atoms. The van der Waals surface area contributed by atoms with Crippen LogP contribution in [-0.4, -0.2) is 44.9 Å². The van der Waals surface area contributed by atoms with Gasteiger partial charge in [-0.15, -0.1) is 0 Å². The zero-order valence-electron chi connectivity index (χ0n) is 12.6. The first-order chi connectivity index (χ1) is 9.60. The first kappa shape index (κ1) is 17.0. The smallest absolute Gasteiger partial charge is 0.123 e. The number of methoxy groups -OCH3 is 2. The maximum atomic E-state index is 13.5. The molecule has 4 nitrogen and oxygen atoms in total. The van der Waals surface area contributed by atoms with Gasteiger partial charge in [0, 0.05) is 39.9 Å². The third-order valence-corrected chi connectivity index (χ3v) is 3.25. The molecular weight excluding hydrogens is 259 g/mol. The minimum atomic E-state index is -0.242. The normalized spacial score (nSPS) is 12.9. The maximum absolute atomic E-state index is 13.5. The van der Waals surface area contributed by atoms with Crippen molar-refractivity contribution in [2.75, 3.05) is 34.0 Å². The Hall–Kier alpha value is -1.01. The second-order valence-corrected chi connectivity index (χ2v) is 4.94. The summed E-state index contributed by atoms with van der Waals surface area (Å²) in [6.07, 6.45) is 0. The fraction of sp³-hybridized carbons (Fsp3) is 0.600. The summed E-state index contributed by atoms with van der Waals surface area (Å²) in [6.45, 7) is 5.11. The summed E-state index contributed by atoms with van der Waals surface area (Å²) in [5.74, 6) is -0.242. The van der Waals surface area contributed by atoms with Gasteiger partial charge in [0.2, 0.25) is 0 Å². The molecule has 1 atom stereocenters. The SMILES string of the molecule is COCCN(Cc1cc(F)cc(CN)c1)C(C)COC. The predicted octanol–water partition coefficient (Wildman–Crippen LogP) is 1.77. The van der Waals surface area contributed by atoms with E-state index in [0.29, 0.717) is 26.3 Å². The predicted molar refractivity (Wildman–Crippen MR) is 77.9 cm³/mol. The highest BCUT2D eigenvalue weighted by Crippen LogP contribution is 2.13. The van der Waals surface area contributed by atoms with Crippen molar-refractivity contribution in [3.05, 3.63) is 35.1 Å². The van der Waals surface area contributed by atoms with Crippen molar-refractivity contribution in [1.29, 1.82) is 0 Å². The van der Waals surface area contributed by atoms with Crippen LogP contribution in [0.3, 0.4) is 0 Å². The number of benzene rings is 1. The van der Waals surface area contributed by atoms with E-state index < -0.39 is 0 Å². The summed E-state index contributed by atoms with van der Waals surface area (Å²) in [7, 11) is 3.35. The monoisotopic (exact) mass is 284 g/mol. The van der Waals surface area contributed by atoms with Crippen molar-refractivity contribution >= 4 is 0 Å². The maximum Gasteiger partial charge on any atom is 0.123 e. The molecule has 0 aliphatic carbocycles. The molecule has 1 aromatic carbocycles. The van der Waals surface area contributed by atoms with E-state index in [2.05, 4.69) is 11.8 Å². The van der Waals surface area contributed by atoms with E-state index >= 15 is 0 Å². The van der Waals surface area contributed by atoms with Crippen LogP contribution < -0.4 is 5.73 Å². The van der Waals surface area contributed by atoms with Crippen LogP contribution in [0.2, 0.25) is 0 Å². The molecule has 0 amide bonds. The van der Waals surface area contributed by atoms with E-state index in [4.69, 9.17) is 15.2 Å². The Labute approximate surface area is 120 Å². The number of hydrogen-bond acceptors (Lipinski definition) is 4. The summed E-state index contributed by atoms with van der Waals surface area (Å²) in [6, 6.07) is 5.21. The third-order valence-electron chi connectivity index (χ3n) is 3.25. The van der Waals surface area contributed by atoms with E-state index in [9.17, 15) is 4.39 Å². The number of halogens is 1. The Morgan fingerprint density at radius 1 is 1.20 bits per heavy atom. The van der Waals surface area contributed by atoms with Crippen molar-refractivity contribution in [3.63, 3.8) is 0 Å². The largest absolute Gasteiger partial charge is 0.383 e. The second kappa shape index (κ2) is 9.02. The molecule has 1 rings (SSSR count). The highest BCUT2D eigenvalue weighted by atomic mass is 19.1. The van der Waals surface area contributed by atoms with Crippen molar-refractivity contribution in [2.24, 2.45) is 5.73 Å². The molecule has 114 valence electrons. The lowest BCUT2D eigenvalue weighted by molar-refractivity contribution is 0.0704. The van der Waals surface area contributed by atoms with Gasteiger partial charge >= 0.3 is 0 Å².